The van der Waals surface area contributed by atoms with Crippen LogP contribution in [0.5, 0.6) is 0 Å². The van der Waals surface area contributed by atoms with Gasteiger partial charge in [0.25, 0.3) is 0 Å². The van der Waals surface area contributed by atoms with Crippen LogP contribution in [0.15, 0.2) is 0 Å². The summed E-state index contributed by atoms with van der Waals surface area (Å²) in [4.78, 5) is 0. The molecule has 0 bridgehead atoms. The summed E-state index contributed by atoms with van der Waals surface area (Å²) in [6.07, 6.45) is 0. The first kappa shape index (κ1) is 56.3. The quantitative estimate of drug-likeness (QED) is 0.209. The Balaban J connectivity index is -0.0000000114. The molecule has 0 N–H and O–H groups in total. The molecule has 0 rings (SSSR count). The summed E-state index contributed by atoms with van der Waals surface area (Å²) in [5, 5.41) is 0. The maximum atomic E-state index is 8.53. The van der Waals surface area contributed by atoms with Gasteiger partial charge in [0.2, 0.25) is 0 Å². The van der Waals surface area contributed by atoms with E-state index in [-0.39, 0.29) is 98.8 Å². The zero-order chi connectivity index (χ0) is 16.2. The molecular weight excluding hydrogens is 768 g/mol. The zero-order valence-corrected chi connectivity index (χ0v) is 31.9. The maximum absolute atomic E-state index is 8.53. The molecular formula is H6Ge6LiO12RbTi. The van der Waals surface area contributed by atoms with Crippen LogP contribution in [0, 0.1) is 0 Å². The molecule has 0 aromatic carbocycles. The van der Waals surface area contributed by atoms with Gasteiger partial charge >= 0.3 is 240 Å². The van der Waals surface area contributed by atoms with Gasteiger partial charge in [0.1, 0.15) is 0 Å². The van der Waals surface area contributed by atoms with Gasteiger partial charge in [-0.2, -0.15) is 0 Å². The van der Waals surface area contributed by atoms with Crippen LogP contribution in [0.25, 0.3) is 0 Å². The minimum absolute atomic E-state index is 0. The second-order valence-electron chi connectivity index (χ2n) is 0.577. The van der Waals surface area contributed by atoms with Gasteiger partial charge in [0.15, 0.2) is 0 Å². The number of hydrogen-bond donors (Lipinski definition) is 0. The van der Waals surface area contributed by atoms with Crippen molar-refractivity contribution in [3.8, 4) is 0 Å². The Labute approximate surface area is 235 Å². The van der Waals surface area contributed by atoms with E-state index in [1.165, 1.54) is 0 Å². The first-order valence-corrected chi connectivity index (χ1v) is 14.7. The zero-order valence-electron chi connectivity index (χ0n) is 10.9. The first-order valence-electron chi connectivity index (χ1n) is 2.83. The van der Waals surface area contributed by atoms with Crippen LogP contribution in [-0.2, 0) is 44.4 Å². The molecule has 108 valence electrons. The van der Waals surface area contributed by atoms with Crippen molar-refractivity contribution in [1.29, 1.82) is 0 Å². The molecule has 0 heterocycles. The average molecular weight is 774 g/mol. The van der Waals surface area contributed by atoms with Gasteiger partial charge in [-0.05, 0) is 0 Å². The number of rotatable bonds is 0. The topological polar surface area (TPSA) is 241 Å². The SMILES string of the molecule is [Li+].[O]=[GeH][O-].[O]=[GeH][O-].[O]=[GeH][O-].[O]=[GeH][O-].[O]=[GeH][O-].[O]=[GeH][O-].[Rb+].[Ti+4]. The van der Waals surface area contributed by atoms with E-state index in [2.05, 4.69) is 0 Å². The van der Waals surface area contributed by atoms with Crippen molar-refractivity contribution in [3.05, 3.63) is 0 Å². The van der Waals surface area contributed by atoms with Crippen molar-refractivity contribution < 1.29 is 146 Å². The Bertz CT molecular complexity index is 125. The van der Waals surface area contributed by atoms with Crippen LogP contribution in [0.4, 0.5) is 0 Å². The second kappa shape index (κ2) is 127. The first-order chi connectivity index (χ1) is 8.49. The summed E-state index contributed by atoms with van der Waals surface area (Å²) in [5.74, 6) is 0. The van der Waals surface area contributed by atoms with Crippen LogP contribution in [0.2, 0.25) is 0 Å². The van der Waals surface area contributed by atoms with Crippen molar-refractivity contribution >= 4 is 94.2 Å². The molecule has 0 aromatic rings. The molecule has 0 radical (unpaired) electrons. The van der Waals surface area contributed by atoms with Gasteiger partial charge in [-0.15, -0.1) is 0 Å². The summed E-state index contributed by atoms with van der Waals surface area (Å²) < 4.78 is 102. The third-order valence-corrected chi connectivity index (χ3v) is 0. The molecule has 0 amide bonds. The van der Waals surface area contributed by atoms with Gasteiger partial charge in [0, 0.05) is 0 Å². The summed E-state index contributed by atoms with van der Waals surface area (Å²) in [6.45, 7) is 0. The molecule has 0 unspecified atom stereocenters. The predicted molar refractivity (Wildman–Crippen MR) is 47.0 cm³/mol. The smallest absolute Gasteiger partial charge is 1.00 e. The third kappa shape index (κ3) is 733. The average Bonchev–Trinajstić information content (AvgIpc) is 2.23. The van der Waals surface area contributed by atoms with Crippen LogP contribution >= 0.6 is 0 Å². The molecule has 0 atom stereocenters. The molecule has 0 aliphatic heterocycles. The van der Waals surface area contributed by atoms with E-state index in [0.29, 0.717) is 0 Å². The van der Waals surface area contributed by atoms with Gasteiger partial charge in [0.05, 0.1) is 0 Å². The van der Waals surface area contributed by atoms with Crippen molar-refractivity contribution in [2.45, 2.75) is 0 Å². The maximum Gasteiger partial charge on any atom is 4.00 e. The van der Waals surface area contributed by atoms with Crippen molar-refractivity contribution in [2.24, 2.45) is 0 Å². The van der Waals surface area contributed by atoms with Crippen LogP contribution < -0.4 is 102 Å². The molecule has 12 nitrogen and oxygen atoms in total. The van der Waals surface area contributed by atoms with Gasteiger partial charge in [-0.25, -0.2) is 0 Å². The van der Waals surface area contributed by atoms with E-state index in [9.17, 15) is 0 Å². The molecule has 0 fully saturated rings. The minimum Gasteiger partial charge on any atom is 1.00 e. The van der Waals surface area contributed by atoms with Crippen molar-refractivity contribution in [3.63, 3.8) is 0 Å². The molecule has 0 saturated heterocycles. The Morgan fingerprint density at radius 3 is 0.429 bits per heavy atom. The summed E-state index contributed by atoms with van der Waals surface area (Å²) in [5.41, 5.74) is 0. The number of hydrogen-bond acceptors (Lipinski definition) is 12. The fourth-order valence-electron chi connectivity index (χ4n) is 0. The van der Waals surface area contributed by atoms with Crippen molar-refractivity contribution in [1.82, 2.24) is 0 Å². The fraction of sp³-hybridized carbons (Fsp3) is 0. The van der Waals surface area contributed by atoms with Gasteiger partial charge < -0.3 is 0 Å². The van der Waals surface area contributed by atoms with E-state index in [0.717, 1.165) is 0 Å². The van der Waals surface area contributed by atoms with Gasteiger partial charge in [-0.1, -0.05) is 0 Å². The molecule has 0 spiro atoms. The summed E-state index contributed by atoms with van der Waals surface area (Å²) in [6, 6.07) is 0. The fourth-order valence-corrected chi connectivity index (χ4v) is 0. The minimum atomic E-state index is -2.19. The van der Waals surface area contributed by atoms with Gasteiger partial charge in [-0.3, -0.25) is 0 Å². The van der Waals surface area contributed by atoms with Crippen LogP contribution in [0.1, 0.15) is 0 Å². The summed E-state index contributed by atoms with van der Waals surface area (Å²) in [7, 11) is 0. The Kier molecular flexibility index (Phi) is 341. The second-order valence-corrected chi connectivity index (χ2v) is 3.00. The normalized spacial score (nSPS) is 3.43. The molecule has 0 aliphatic rings. The molecule has 0 aromatic heterocycles. The molecule has 21 heteroatoms. The standard InChI is InChI=1S/6GeHO2.Li.Rb.Ti/c6*2-1-3;;;/h6*1H;;;/q6*-1;2*+1;+4. The monoisotopic (exact) mass is 781 g/mol. The predicted octanol–water partition coefficient (Wildman–Crippen LogP) is -17.7. The van der Waals surface area contributed by atoms with E-state index in [1.54, 1.807) is 0 Å². The third-order valence-electron chi connectivity index (χ3n) is 0. The van der Waals surface area contributed by atoms with E-state index >= 15 is 0 Å². The molecule has 0 aliphatic carbocycles. The van der Waals surface area contributed by atoms with E-state index < -0.39 is 94.2 Å². The van der Waals surface area contributed by atoms with E-state index in [4.69, 9.17) is 47.5 Å². The van der Waals surface area contributed by atoms with E-state index in [1.807, 2.05) is 0 Å². The molecule has 0 saturated carbocycles. The Hall–Kier alpha value is 3.97. The largest absolute Gasteiger partial charge is 4.00 e. The van der Waals surface area contributed by atoms with Crippen molar-refractivity contribution in [2.75, 3.05) is 0 Å². The summed E-state index contributed by atoms with van der Waals surface area (Å²) >= 11 is -13.1. The Morgan fingerprint density at radius 2 is 0.429 bits per heavy atom. The Morgan fingerprint density at radius 1 is 0.429 bits per heavy atom. The van der Waals surface area contributed by atoms with Crippen LogP contribution in [0.3, 0.4) is 0 Å². The molecule has 21 heavy (non-hydrogen) atoms. The van der Waals surface area contributed by atoms with Crippen LogP contribution in [-0.4, -0.2) is 94.2 Å².